The molecule has 0 bridgehead atoms. The number of thioether (sulfide) groups is 1. The standard InChI is InChI=1S/C10H11ClN2O2S/c1-16-9(10(12)13(14)15)6-7-2-4-8(11)5-3-7/h2-5,9,12H,6H2,1H3. The highest BCUT2D eigenvalue weighted by atomic mass is 35.5. The minimum Gasteiger partial charge on any atom is -0.358 e. The minimum atomic E-state index is -0.642. The zero-order chi connectivity index (χ0) is 12.1. The maximum atomic E-state index is 10.5. The summed E-state index contributed by atoms with van der Waals surface area (Å²) in [6, 6.07) is 7.12. The Morgan fingerprint density at radius 2 is 2.12 bits per heavy atom. The Hall–Kier alpha value is -1.07. The van der Waals surface area contributed by atoms with Gasteiger partial charge in [0.15, 0.2) is 0 Å². The van der Waals surface area contributed by atoms with E-state index in [1.54, 1.807) is 18.4 Å². The summed E-state index contributed by atoms with van der Waals surface area (Å²) in [5, 5.41) is 18.0. The number of rotatable bonds is 4. The van der Waals surface area contributed by atoms with Crippen molar-refractivity contribution in [3.05, 3.63) is 45.0 Å². The molecule has 0 fully saturated rings. The average molecular weight is 259 g/mol. The molecule has 0 saturated heterocycles. The molecule has 0 amide bonds. The van der Waals surface area contributed by atoms with Crippen LogP contribution in [0.25, 0.3) is 0 Å². The van der Waals surface area contributed by atoms with Gasteiger partial charge in [-0.05, 0) is 35.3 Å². The molecule has 6 heteroatoms. The van der Waals surface area contributed by atoms with Gasteiger partial charge in [0.25, 0.3) is 0 Å². The van der Waals surface area contributed by atoms with E-state index >= 15 is 0 Å². The van der Waals surface area contributed by atoms with Crippen molar-refractivity contribution in [2.24, 2.45) is 0 Å². The molecule has 0 aromatic heterocycles. The fraction of sp³-hybridized carbons (Fsp3) is 0.300. The van der Waals surface area contributed by atoms with Crippen LogP contribution >= 0.6 is 23.4 Å². The van der Waals surface area contributed by atoms with E-state index in [0.29, 0.717) is 11.4 Å². The predicted octanol–water partition coefficient (Wildman–Crippen LogP) is 2.87. The van der Waals surface area contributed by atoms with Gasteiger partial charge in [0.05, 0.1) is 0 Å². The summed E-state index contributed by atoms with van der Waals surface area (Å²) in [5.41, 5.74) is 0.940. The number of nitrogens with zero attached hydrogens (tertiary/aromatic N) is 1. The first-order valence-corrected chi connectivity index (χ1v) is 6.21. The second kappa shape index (κ2) is 5.86. The summed E-state index contributed by atoms with van der Waals surface area (Å²) in [5.74, 6) is -0.456. The third-order valence-corrected chi connectivity index (χ3v) is 3.33. The summed E-state index contributed by atoms with van der Waals surface area (Å²) >= 11 is 7.05. The van der Waals surface area contributed by atoms with Crippen molar-refractivity contribution in [2.45, 2.75) is 11.7 Å². The van der Waals surface area contributed by atoms with Gasteiger partial charge in [-0.2, -0.15) is 0 Å². The molecule has 0 aliphatic heterocycles. The number of hydrogen-bond donors (Lipinski definition) is 1. The van der Waals surface area contributed by atoms with Gasteiger partial charge in [0, 0.05) is 5.02 Å². The van der Waals surface area contributed by atoms with Crippen molar-refractivity contribution in [1.82, 2.24) is 0 Å². The average Bonchev–Trinajstić information content (AvgIpc) is 2.27. The van der Waals surface area contributed by atoms with Crippen LogP contribution in [0.2, 0.25) is 5.02 Å². The third kappa shape index (κ3) is 3.50. The van der Waals surface area contributed by atoms with Gasteiger partial charge >= 0.3 is 5.84 Å². The Morgan fingerprint density at radius 1 is 1.56 bits per heavy atom. The van der Waals surface area contributed by atoms with Crippen molar-refractivity contribution in [2.75, 3.05) is 6.26 Å². The van der Waals surface area contributed by atoms with Gasteiger partial charge in [-0.1, -0.05) is 29.1 Å². The largest absolute Gasteiger partial charge is 0.358 e. The van der Waals surface area contributed by atoms with Crippen molar-refractivity contribution in [1.29, 1.82) is 5.41 Å². The number of nitrogens with one attached hydrogen (secondary N) is 1. The molecule has 1 rings (SSSR count). The van der Waals surface area contributed by atoms with Crippen LogP contribution in [-0.4, -0.2) is 22.3 Å². The zero-order valence-corrected chi connectivity index (χ0v) is 10.2. The Balaban J connectivity index is 2.74. The van der Waals surface area contributed by atoms with Crippen LogP contribution in [-0.2, 0) is 6.42 Å². The minimum absolute atomic E-state index is 0.420. The molecule has 1 aromatic carbocycles. The second-order valence-electron chi connectivity index (χ2n) is 3.20. The molecule has 0 heterocycles. The molecule has 1 unspecified atom stereocenters. The molecule has 16 heavy (non-hydrogen) atoms. The lowest BCUT2D eigenvalue weighted by atomic mass is 10.1. The molecule has 0 aliphatic rings. The fourth-order valence-corrected chi connectivity index (χ4v) is 2.04. The number of amidine groups is 1. The van der Waals surface area contributed by atoms with Crippen LogP contribution in [0.5, 0.6) is 0 Å². The Labute approximate surface area is 103 Å². The normalized spacial score (nSPS) is 12.1. The van der Waals surface area contributed by atoms with Crippen LogP contribution in [0.15, 0.2) is 24.3 Å². The van der Waals surface area contributed by atoms with E-state index in [2.05, 4.69) is 0 Å². The molecular formula is C10H11ClN2O2S. The van der Waals surface area contributed by atoms with Crippen molar-refractivity contribution in [3.8, 4) is 0 Å². The summed E-state index contributed by atoms with van der Waals surface area (Å²) < 4.78 is 0. The number of hydrogen-bond acceptors (Lipinski definition) is 4. The van der Waals surface area contributed by atoms with E-state index in [0.717, 1.165) is 5.56 Å². The number of benzene rings is 1. The number of nitro groups is 1. The van der Waals surface area contributed by atoms with E-state index in [1.807, 2.05) is 12.1 Å². The lowest BCUT2D eigenvalue weighted by Crippen LogP contribution is -2.26. The Bertz CT molecular complexity index is 394. The molecule has 0 spiro atoms. The first-order chi connectivity index (χ1) is 7.54. The van der Waals surface area contributed by atoms with Crippen LogP contribution in [0, 0.1) is 15.5 Å². The molecule has 1 atom stereocenters. The third-order valence-electron chi connectivity index (χ3n) is 2.12. The molecule has 4 nitrogen and oxygen atoms in total. The number of halogens is 1. The molecular weight excluding hydrogens is 248 g/mol. The van der Waals surface area contributed by atoms with Gasteiger partial charge in [0.1, 0.15) is 5.25 Å². The molecule has 0 radical (unpaired) electrons. The monoisotopic (exact) mass is 258 g/mol. The summed E-state index contributed by atoms with van der Waals surface area (Å²) in [4.78, 5) is 9.85. The van der Waals surface area contributed by atoms with Gasteiger partial charge in [-0.15, -0.1) is 11.8 Å². The SMILES string of the molecule is CSC(Cc1ccc(Cl)cc1)C(=N)[N+](=O)[O-]. The first kappa shape index (κ1) is 13.0. The predicted molar refractivity (Wildman–Crippen MR) is 67.2 cm³/mol. The lowest BCUT2D eigenvalue weighted by Gasteiger charge is -2.10. The smallest absolute Gasteiger partial charge is 0.344 e. The molecule has 1 N–H and O–H groups in total. The van der Waals surface area contributed by atoms with E-state index in [9.17, 15) is 10.1 Å². The Morgan fingerprint density at radius 3 is 2.56 bits per heavy atom. The topological polar surface area (TPSA) is 67.0 Å². The summed E-state index contributed by atoms with van der Waals surface area (Å²) in [6.45, 7) is 0. The quantitative estimate of drug-likeness (QED) is 0.391. The van der Waals surface area contributed by atoms with E-state index in [4.69, 9.17) is 17.0 Å². The van der Waals surface area contributed by atoms with Crippen LogP contribution in [0.1, 0.15) is 5.56 Å². The van der Waals surface area contributed by atoms with Crippen LogP contribution in [0.4, 0.5) is 0 Å². The van der Waals surface area contributed by atoms with Crippen LogP contribution in [0.3, 0.4) is 0 Å². The van der Waals surface area contributed by atoms with Crippen molar-refractivity contribution >= 4 is 29.2 Å². The van der Waals surface area contributed by atoms with Gasteiger partial charge in [-0.3, -0.25) is 0 Å². The highest BCUT2D eigenvalue weighted by Crippen LogP contribution is 2.17. The Kier molecular flexibility index (Phi) is 4.76. The molecule has 0 aliphatic carbocycles. The summed E-state index contributed by atoms with van der Waals surface area (Å²) in [7, 11) is 0. The van der Waals surface area contributed by atoms with Gasteiger partial charge < -0.3 is 10.1 Å². The van der Waals surface area contributed by atoms with Crippen LogP contribution < -0.4 is 0 Å². The highest BCUT2D eigenvalue weighted by molar-refractivity contribution is 7.99. The van der Waals surface area contributed by atoms with Crippen molar-refractivity contribution in [3.63, 3.8) is 0 Å². The molecule has 86 valence electrons. The first-order valence-electron chi connectivity index (χ1n) is 4.54. The molecule has 0 saturated carbocycles. The van der Waals surface area contributed by atoms with E-state index in [1.165, 1.54) is 11.8 Å². The lowest BCUT2D eigenvalue weighted by molar-refractivity contribution is -0.354. The zero-order valence-electron chi connectivity index (χ0n) is 8.64. The fourth-order valence-electron chi connectivity index (χ4n) is 1.24. The highest BCUT2D eigenvalue weighted by Gasteiger charge is 2.23. The maximum Gasteiger partial charge on any atom is 0.344 e. The van der Waals surface area contributed by atoms with Gasteiger partial charge in [-0.25, -0.2) is 0 Å². The van der Waals surface area contributed by atoms with E-state index in [-0.39, 0.29) is 0 Å². The van der Waals surface area contributed by atoms with E-state index < -0.39 is 16.0 Å². The molecule has 1 aromatic rings. The summed E-state index contributed by atoms with van der Waals surface area (Å²) in [6.07, 6.45) is 2.23. The van der Waals surface area contributed by atoms with Crippen molar-refractivity contribution < 1.29 is 4.92 Å². The maximum absolute atomic E-state index is 10.5. The second-order valence-corrected chi connectivity index (χ2v) is 4.67. The van der Waals surface area contributed by atoms with Gasteiger partial charge in [0.2, 0.25) is 0 Å².